The summed E-state index contributed by atoms with van der Waals surface area (Å²) in [6.07, 6.45) is 5.66. The first-order valence-electron chi connectivity index (χ1n) is 7.69. The fraction of sp³-hybridized carbons (Fsp3) is 0.688. The number of nitrogens with zero attached hydrogens (tertiary/aromatic N) is 2. The zero-order chi connectivity index (χ0) is 15.0. The molecule has 1 aromatic heterocycles. The van der Waals surface area contributed by atoms with Gasteiger partial charge in [0.15, 0.2) is 0 Å². The first kappa shape index (κ1) is 17.1. The highest BCUT2D eigenvalue weighted by molar-refractivity contribution is 5.09. The van der Waals surface area contributed by atoms with Gasteiger partial charge in [-0.25, -0.2) is 4.39 Å². The smallest absolute Gasteiger partial charge is 0.141 e. The molecule has 0 aliphatic carbocycles. The molecular weight excluding hydrogens is 253 g/mol. The summed E-state index contributed by atoms with van der Waals surface area (Å²) >= 11 is 0. The highest BCUT2D eigenvalue weighted by Crippen LogP contribution is 2.14. The first-order valence-corrected chi connectivity index (χ1v) is 7.69. The Morgan fingerprint density at radius 1 is 1.30 bits per heavy atom. The zero-order valence-electron chi connectivity index (χ0n) is 13.0. The number of rotatable bonds is 9. The summed E-state index contributed by atoms with van der Waals surface area (Å²) < 4.78 is 12.8. The molecule has 0 aromatic carbocycles. The average Bonchev–Trinajstić information content (AvgIpc) is 2.47. The van der Waals surface area contributed by atoms with Crippen molar-refractivity contribution >= 4 is 0 Å². The first-order chi connectivity index (χ1) is 9.58. The maximum absolute atomic E-state index is 12.8. The molecule has 3 nitrogen and oxygen atoms in total. The van der Waals surface area contributed by atoms with E-state index in [9.17, 15) is 4.39 Å². The van der Waals surface area contributed by atoms with Crippen molar-refractivity contribution < 1.29 is 4.39 Å². The molecule has 2 atom stereocenters. The van der Waals surface area contributed by atoms with Crippen LogP contribution in [0.25, 0.3) is 0 Å². The molecule has 0 saturated heterocycles. The number of pyridine rings is 1. The molecule has 4 heteroatoms. The van der Waals surface area contributed by atoms with Gasteiger partial charge < -0.3 is 10.6 Å². The van der Waals surface area contributed by atoms with E-state index in [0.29, 0.717) is 6.04 Å². The Hall–Kier alpha value is -1.00. The third-order valence-corrected chi connectivity index (χ3v) is 3.87. The van der Waals surface area contributed by atoms with Crippen molar-refractivity contribution in [2.75, 3.05) is 13.1 Å². The van der Waals surface area contributed by atoms with Crippen molar-refractivity contribution in [3.05, 3.63) is 29.8 Å². The third kappa shape index (κ3) is 5.55. The van der Waals surface area contributed by atoms with Crippen LogP contribution in [0, 0.1) is 5.82 Å². The van der Waals surface area contributed by atoms with Gasteiger partial charge in [0.25, 0.3) is 0 Å². The lowest BCUT2D eigenvalue weighted by molar-refractivity contribution is 0.193. The SMILES string of the molecule is CCCCN(CCC(N)c1ccc(F)cn1)C(C)CC. The largest absolute Gasteiger partial charge is 0.323 e. The lowest BCUT2D eigenvalue weighted by Gasteiger charge is -2.29. The lowest BCUT2D eigenvalue weighted by atomic mass is 10.1. The molecule has 0 spiro atoms. The van der Waals surface area contributed by atoms with Gasteiger partial charge in [-0.05, 0) is 44.9 Å². The summed E-state index contributed by atoms with van der Waals surface area (Å²) in [5, 5.41) is 0. The second-order valence-corrected chi connectivity index (χ2v) is 5.44. The van der Waals surface area contributed by atoms with Gasteiger partial charge in [0, 0.05) is 18.6 Å². The number of nitrogens with two attached hydrogens (primary N) is 1. The second kappa shape index (κ2) is 9.03. The fourth-order valence-electron chi connectivity index (χ4n) is 2.23. The van der Waals surface area contributed by atoms with E-state index in [4.69, 9.17) is 5.73 Å². The maximum Gasteiger partial charge on any atom is 0.141 e. The van der Waals surface area contributed by atoms with Crippen LogP contribution in [0.2, 0.25) is 0 Å². The van der Waals surface area contributed by atoms with Crippen LogP contribution in [0.1, 0.15) is 58.2 Å². The van der Waals surface area contributed by atoms with E-state index in [0.717, 1.165) is 31.6 Å². The van der Waals surface area contributed by atoms with Gasteiger partial charge in [-0.15, -0.1) is 0 Å². The van der Waals surface area contributed by atoms with Crippen molar-refractivity contribution in [2.24, 2.45) is 5.73 Å². The molecule has 114 valence electrons. The minimum Gasteiger partial charge on any atom is -0.323 e. The molecule has 0 radical (unpaired) electrons. The topological polar surface area (TPSA) is 42.1 Å². The molecule has 0 aliphatic rings. The van der Waals surface area contributed by atoms with Gasteiger partial charge in [-0.3, -0.25) is 4.98 Å². The lowest BCUT2D eigenvalue weighted by Crippen LogP contribution is -2.35. The minimum absolute atomic E-state index is 0.121. The number of halogens is 1. The van der Waals surface area contributed by atoms with Crippen LogP contribution < -0.4 is 5.73 Å². The molecule has 1 rings (SSSR count). The van der Waals surface area contributed by atoms with Crippen molar-refractivity contribution in [3.63, 3.8) is 0 Å². The summed E-state index contributed by atoms with van der Waals surface area (Å²) in [6.45, 7) is 8.77. The molecule has 0 amide bonds. The number of aromatic nitrogens is 1. The monoisotopic (exact) mass is 281 g/mol. The van der Waals surface area contributed by atoms with E-state index in [1.54, 1.807) is 6.07 Å². The van der Waals surface area contributed by atoms with E-state index in [2.05, 4.69) is 30.7 Å². The van der Waals surface area contributed by atoms with E-state index in [-0.39, 0.29) is 11.9 Å². The van der Waals surface area contributed by atoms with Crippen LogP contribution in [0.5, 0.6) is 0 Å². The van der Waals surface area contributed by atoms with E-state index < -0.39 is 0 Å². The average molecular weight is 281 g/mol. The summed E-state index contributed by atoms with van der Waals surface area (Å²) in [5.74, 6) is -0.315. The van der Waals surface area contributed by atoms with Gasteiger partial charge in [0.1, 0.15) is 5.82 Å². The van der Waals surface area contributed by atoms with Gasteiger partial charge in [-0.1, -0.05) is 20.3 Å². The Labute approximate surface area is 122 Å². The quantitative estimate of drug-likeness (QED) is 0.753. The third-order valence-electron chi connectivity index (χ3n) is 3.87. The standard InChI is InChI=1S/C16H28FN3/c1-4-6-10-20(13(3)5-2)11-9-15(18)16-8-7-14(17)12-19-16/h7-8,12-13,15H,4-6,9-11,18H2,1-3H3. The molecule has 0 bridgehead atoms. The molecular formula is C16H28FN3. The molecule has 0 saturated carbocycles. The normalized spacial score (nSPS) is 14.5. The number of hydrogen-bond acceptors (Lipinski definition) is 3. The van der Waals surface area contributed by atoms with Crippen molar-refractivity contribution in [2.45, 2.75) is 58.5 Å². The molecule has 1 heterocycles. The Balaban J connectivity index is 2.50. The van der Waals surface area contributed by atoms with Crippen LogP contribution in [-0.4, -0.2) is 29.0 Å². The van der Waals surface area contributed by atoms with Crippen LogP contribution >= 0.6 is 0 Å². The molecule has 0 aliphatic heterocycles. The van der Waals surface area contributed by atoms with E-state index >= 15 is 0 Å². The summed E-state index contributed by atoms with van der Waals surface area (Å²) in [6, 6.07) is 3.56. The van der Waals surface area contributed by atoms with Gasteiger partial charge in [0.2, 0.25) is 0 Å². The zero-order valence-corrected chi connectivity index (χ0v) is 13.0. The summed E-state index contributed by atoms with van der Waals surface area (Å²) in [4.78, 5) is 6.56. The van der Waals surface area contributed by atoms with Crippen LogP contribution in [0.3, 0.4) is 0 Å². The Morgan fingerprint density at radius 3 is 2.60 bits per heavy atom. The van der Waals surface area contributed by atoms with Crippen LogP contribution in [-0.2, 0) is 0 Å². The molecule has 2 N–H and O–H groups in total. The van der Waals surface area contributed by atoms with Crippen LogP contribution in [0.15, 0.2) is 18.3 Å². The predicted molar refractivity (Wildman–Crippen MR) is 82.0 cm³/mol. The minimum atomic E-state index is -0.315. The molecule has 2 unspecified atom stereocenters. The summed E-state index contributed by atoms with van der Waals surface area (Å²) in [5.41, 5.74) is 6.92. The summed E-state index contributed by atoms with van der Waals surface area (Å²) in [7, 11) is 0. The van der Waals surface area contributed by atoms with E-state index in [1.807, 2.05) is 0 Å². The fourth-order valence-corrected chi connectivity index (χ4v) is 2.23. The number of hydrogen-bond donors (Lipinski definition) is 1. The van der Waals surface area contributed by atoms with Gasteiger partial charge >= 0.3 is 0 Å². The van der Waals surface area contributed by atoms with Crippen LogP contribution in [0.4, 0.5) is 4.39 Å². The van der Waals surface area contributed by atoms with Crippen molar-refractivity contribution in [1.29, 1.82) is 0 Å². The van der Waals surface area contributed by atoms with Crippen molar-refractivity contribution in [3.8, 4) is 0 Å². The molecule has 20 heavy (non-hydrogen) atoms. The highest BCUT2D eigenvalue weighted by atomic mass is 19.1. The Morgan fingerprint density at radius 2 is 2.05 bits per heavy atom. The van der Waals surface area contributed by atoms with E-state index in [1.165, 1.54) is 25.1 Å². The predicted octanol–water partition coefficient (Wildman–Crippen LogP) is 3.51. The second-order valence-electron chi connectivity index (χ2n) is 5.44. The molecule has 1 aromatic rings. The van der Waals surface area contributed by atoms with Gasteiger partial charge in [-0.2, -0.15) is 0 Å². The molecule has 0 fully saturated rings. The number of unbranched alkanes of at least 4 members (excludes halogenated alkanes) is 1. The Kier molecular flexibility index (Phi) is 7.70. The van der Waals surface area contributed by atoms with Gasteiger partial charge in [0.05, 0.1) is 11.9 Å². The highest BCUT2D eigenvalue weighted by Gasteiger charge is 2.14. The Bertz CT molecular complexity index is 366. The maximum atomic E-state index is 12.8. The van der Waals surface area contributed by atoms with Crippen molar-refractivity contribution in [1.82, 2.24) is 9.88 Å².